The maximum atomic E-state index is 14.0. The Hall–Kier alpha value is -3.76. The molecule has 2 N–H and O–H groups in total. The van der Waals surface area contributed by atoms with E-state index in [-0.39, 0.29) is 30.3 Å². The minimum Gasteiger partial charge on any atom is -0.433 e. The average molecular weight is 566 g/mol. The van der Waals surface area contributed by atoms with Gasteiger partial charge in [-0.15, -0.1) is 0 Å². The van der Waals surface area contributed by atoms with E-state index in [9.17, 15) is 18.7 Å². The first-order chi connectivity index (χ1) is 19.9. The Morgan fingerprint density at radius 2 is 1.83 bits per heavy atom. The van der Waals surface area contributed by atoms with Crippen molar-refractivity contribution in [1.82, 2.24) is 15.2 Å². The second-order valence-electron chi connectivity index (χ2n) is 10.6. The van der Waals surface area contributed by atoms with Crippen LogP contribution in [0.1, 0.15) is 34.3 Å². The molecule has 0 bridgehead atoms. The number of nitrogens with zero attached hydrogens (tertiary/aromatic N) is 4. The molecule has 218 valence electrons. The molecule has 10 heteroatoms. The van der Waals surface area contributed by atoms with Gasteiger partial charge in [0.15, 0.2) is 0 Å². The van der Waals surface area contributed by atoms with Crippen LogP contribution in [0.3, 0.4) is 0 Å². The van der Waals surface area contributed by atoms with Crippen LogP contribution in [0.25, 0.3) is 0 Å². The lowest BCUT2D eigenvalue weighted by Gasteiger charge is -2.42. The first-order valence-electron chi connectivity index (χ1n) is 14.1. The van der Waals surface area contributed by atoms with E-state index in [4.69, 9.17) is 4.74 Å². The van der Waals surface area contributed by atoms with Gasteiger partial charge in [0.2, 0.25) is 0 Å². The van der Waals surface area contributed by atoms with Gasteiger partial charge in [0.05, 0.1) is 18.3 Å². The Kier molecular flexibility index (Phi) is 8.99. The highest BCUT2D eigenvalue weighted by Crippen LogP contribution is 2.40. The molecule has 2 aromatic carbocycles. The molecular weight excluding hydrogens is 528 g/mol. The van der Waals surface area contributed by atoms with Crippen molar-refractivity contribution in [2.24, 2.45) is 0 Å². The maximum absolute atomic E-state index is 14.0. The number of carbonyl (C=O) groups excluding carboxylic acids is 1. The average Bonchev–Trinajstić information content (AvgIpc) is 2.99. The quantitative estimate of drug-likeness (QED) is 0.416. The number of piperazine rings is 1. The van der Waals surface area contributed by atoms with Gasteiger partial charge in [-0.3, -0.25) is 4.79 Å². The normalized spacial score (nSPS) is 18.0. The lowest BCUT2D eigenvalue weighted by atomic mass is 9.97. The number of hydrogen-bond donors (Lipinski definition) is 2. The summed E-state index contributed by atoms with van der Waals surface area (Å²) in [6.45, 7) is 3.84. The fourth-order valence-electron chi connectivity index (χ4n) is 5.96. The first-order valence-corrected chi connectivity index (χ1v) is 14.1. The molecule has 2 aliphatic rings. The maximum Gasteiger partial charge on any atom is 0.387 e. The van der Waals surface area contributed by atoms with Crippen LogP contribution in [-0.4, -0.2) is 78.9 Å². The van der Waals surface area contributed by atoms with Crippen molar-refractivity contribution < 1.29 is 23.4 Å². The Morgan fingerprint density at radius 1 is 1.07 bits per heavy atom. The molecular formula is C31H37F2N5O3. The summed E-state index contributed by atoms with van der Waals surface area (Å²) >= 11 is 0. The fourth-order valence-corrected chi connectivity index (χ4v) is 5.96. The number of para-hydroxylation sites is 2. The van der Waals surface area contributed by atoms with Crippen LogP contribution >= 0.6 is 0 Å². The van der Waals surface area contributed by atoms with Gasteiger partial charge in [-0.1, -0.05) is 24.3 Å². The second-order valence-corrected chi connectivity index (χ2v) is 10.6. The molecule has 2 aliphatic heterocycles. The summed E-state index contributed by atoms with van der Waals surface area (Å²) in [5.74, 6) is 0.755. The van der Waals surface area contributed by atoms with Gasteiger partial charge < -0.3 is 29.9 Å². The largest absolute Gasteiger partial charge is 0.433 e. The molecule has 1 atom stereocenters. The Balaban J connectivity index is 1.49. The number of amides is 1. The number of hydrogen-bond acceptors (Lipinski definition) is 7. The summed E-state index contributed by atoms with van der Waals surface area (Å²) in [7, 11) is 0. The summed E-state index contributed by atoms with van der Waals surface area (Å²) in [5.41, 5.74) is 3.68. The van der Waals surface area contributed by atoms with Crippen molar-refractivity contribution in [1.29, 1.82) is 0 Å². The minimum absolute atomic E-state index is 0.0312. The van der Waals surface area contributed by atoms with Crippen molar-refractivity contribution in [3.8, 4) is 5.75 Å². The van der Waals surface area contributed by atoms with Crippen LogP contribution in [0.5, 0.6) is 5.75 Å². The molecule has 2 fully saturated rings. The van der Waals surface area contributed by atoms with E-state index in [1.807, 2.05) is 55.1 Å². The summed E-state index contributed by atoms with van der Waals surface area (Å²) in [5, 5.41) is 13.5. The summed E-state index contributed by atoms with van der Waals surface area (Å²) in [4.78, 5) is 24.3. The van der Waals surface area contributed by atoms with Gasteiger partial charge in [-0.2, -0.15) is 8.78 Å². The monoisotopic (exact) mass is 565 g/mol. The number of carbonyl (C=O) groups is 1. The van der Waals surface area contributed by atoms with Gasteiger partial charge in [0, 0.05) is 43.1 Å². The smallest absolute Gasteiger partial charge is 0.387 e. The highest BCUT2D eigenvalue weighted by Gasteiger charge is 2.33. The van der Waals surface area contributed by atoms with Gasteiger partial charge in [0.25, 0.3) is 5.91 Å². The van der Waals surface area contributed by atoms with Crippen molar-refractivity contribution >= 4 is 23.1 Å². The predicted octanol–water partition coefficient (Wildman–Crippen LogP) is 4.51. The van der Waals surface area contributed by atoms with Crippen LogP contribution in [0.15, 0.2) is 60.8 Å². The van der Waals surface area contributed by atoms with Crippen LogP contribution in [0.2, 0.25) is 0 Å². The number of ether oxygens (including phenoxy) is 1. The van der Waals surface area contributed by atoms with Gasteiger partial charge >= 0.3 is 6.61 Å². The van der Waals surface area contributed by atoms with Crippen molar-refractivity contribution in [2.75, 3.05) is 49.1 Å². The topological polar surface area (TPSA) is 81.2 Å². The molecule has 0 radical (unpaired) electrons. The number of aliphatic hydroxyl groups is 1. The van der Waals surface area contributed by atoms with E-state index in [1.54, 1.807) is 29.3 Å². The number of benzene rings is 2. The molecule has 0 spiro atoms. The van der Waals surface area contributed by atoms with E-state index in [0.717, 1.165) is 48.6 Å². The summed E-state index contributed by atoms with van der Waals surface area (Å²) in [6, 6.07) is 16.1. The van der Waals surface area contributed by atoms with Gasteiger partial charge in [-0.25, -0.2) is 4.98 Å². The SMILES string of the molecule is Cc1cc(C)c(N(c2ccccc2OC(F)F)C2CCNCC2)cc1C(=O)N1CCN(c2ccccn2)[C@H](CO)C1. The summed E-state index contributed by atoms with van der Waals surface area (Å²) < 4.78 is 31.7. The molecule has 3 heterocycles. The van der Waals surface area contributed by atoms with Crippen molar-refractivity contribution in [3.05, 3.63) is 77.5 Å². The molecule has 41 heavy (non-hydrogen) atoms. The predicted molar refractivity (Wildman–Crippen MR) is 155 cm³/mol. The van der Waals surface area contributed by atoms with E-state index < -0.39 is 6.61 Å². The van der Waals surface area contributed by atoms with Crippen molar-refractivity contribution in [3.63, 3.8) is 0 Å². The molecule has 3 aromatic rings. The third-order valence-electron chi connectivity index (χ3n) is 7.97. The number of aromatic nitrogens is 1. The van der Waals surface area contributed by atoms with Crippen LogP contribution in [-0.2, 0) is 0 Å². The Bertz CT molecular complexity index is 1340. The van der Waals surface area contributed by atoms with E-state index in [0.29, 0.717) is 30.9 Å². The Labute approximate surface area is 239 Å². The summed E-state index contributed by atoms with van der Waals surface area (Å²) in [6.07, 6.45) is 3.34. The zero-order valence-corrected chi connectivity index (χ0v) is 23.5. The fraction of sp³-hybridized carbons (Fsp3) is 0.419. The second kappa shape index (κ2) is 12.8. The Morgan fingerprint density at radius 3 is 2.54 bits per heavy atom. The van der Waals surface area contributed by atoms with E-state index in [1.165, 1.54) is 0 Å². The molecule has 2 saturated heterocycles. The molecule has 0 saturated carbocycles. The number of aryl methyl sites for hydroxylation is 2. The zero-order chi connectivity index (χ0) is 28.9. The van der Waals surface area contributed by atoms with E-state index in [2.05, 4.69) is 15.2 Å². The number of aliphatic hydroxyl groups excluding tert-OH is 1. The third kappa shape index (κ3) is 6.28. The minimum atomic E-state index is -2.95. The highest BCUT2D eigenvalue weighted by atomic mass is 19.3. The molecule has 5 rings (SSSR count). The molecule has 1 aromatic heterocycles. The number of rotatable bonds is 8. The first kappa shape index (κ1) is 28.8. The molecule has 0 aliphatic carbocycles. The number of halogens is 2. The number of piperidine rings is 1. The lowest BCUT2D eigenvalue weighted by Crippen LogP contribution is -2.56. The molecule has 1 amide bonds. The van der Waals surface area contributed by atoms with E-state index >= 15 is 0 Å². The third-order valence-corrected chi connectivity index (χ3v) is 7.97. The number of alkyl halides is 2. The number of pyridine rings is 1. The molecule has 8 nitrogen and oxygen atoms in total. The van der Waals surface area contributed by atoms with Crippen LogP contribution in [0.4, 0.5) is 26.0 Å². The highest BCUT2D eigenvalue weighted by molar-refractivity contribution is 5.97. The van der Waals surface area contributed by atoms with Crippen LogP contribution in [0, 0.1) is 13.8 Å². The number of nitrogens with one attached hydrogen (secondary N) is 1. The standard InChI is InChI=1S/C31H37F2N5O3/c1-21-17-22(2)27(38(23-10-13-34-14-11-23)26-7-3-4-8-28(26)41-31(32)33)18-25(21)30(40)36-15-16-37(24(19-36)20-39)29-9-5-6-12-35-29/h3-9,12,17-18,23-24,31,34,39H,10-11,13-16,19-20H2,1-2H3/t24-/m0/s1. The molecule has 0 unspecified atom stereocenters. The van der Waals surface area contributed by atoms with Gasteiger partial charge in [0.1, 0.15) is 11.6 Å². The van der Waals surface area contributed by atoms with Crippen molar-refractivity contribution in [2.45, 2.75) is 45.4 Å². The van der Waals surface area contributed by atoms with Gasteiger partial charge in [-0.05, 0) is 81.2 Å². The number of anilines is 3. The zero-order valence-electron chi connectivity index (χ0n) is 23.5. The van der Waals surface area contributed by atoms with Crippen LogP contribution < -0.4 is 19.9 Å². The lowest BCUT2D eigenvalue weighted by molar-refractivity contribution is -0.0495.